The molecule has 6 nitrogen and oxygen atoms in total. The highest BCUT2D eigenvalue weighted by Crippen LogP contribution is 2.28. The predicted molar refractivity (Wildman–Crippen MR) is 115 cm³/mol. The number of carbonyl (C=O) groups is 2. The van der Waals surface area contributed by atoms with Gasteiger partial charge in [-0.25, -0.2) is 0 Å². The molecule has 0 aromatic heterocycles. The van der Waals surface area contributed by atoms with E-state index in [1.54, 1.807) is 42.5 Å². The van der Waals surface area contributed by atoms with E-state index >= 15 is 0 Å². The van der Waals surface area contributed by atoms with Gasteiger partial charge in [-0.1, -0.05) is 25.1 Å². The SMILES string of the molecule is CCCN(CCO)C(=O)c1ccccc1C(=O)c1ccc(N(CC)CC)cc1O. The van der Waals surface area contributed by atoms with Crippen molar-refractivity contribution in [2.45, 2.75) is 27.2 Å². The van der Waals surface area contributed by atoms with Crippen LogP contribution >= 0.6 is 0 Å². The van der Waals surface area contributed by atoms with Gasteiger partial charge in [-0.15, -0.1) is 0 Å². The predicted octanol–water partition coefficient (Wildman–Crippen LogP) is 3.31. The summed E-state index contributed by atoms with van der Waals surface area (Å²) in [5.74, 6) is -0.815. The number of hydrogen-bond donors (Lipinski definition) is 2. The van der Waals surface area contributed by atoms with Crippen LogP contribution in [0, 0.1) is 0 Å². The number of hydrogen-bond acceptors (Lipinski definition) is 5. The molecule has 0 aliphatic rings. The molecule has 1 amide bonds. The summed E-state index contributed by atoms with van der Waals surface area (Å²) in [6.45, 7) is 8.13. The maximum absolute atomic E-state index is 13.2. The Bertz CT molecular complexity index is 841. The number of carbonyl (C=O) groups excluding carboxylic acids is 2. The number of phenolic OH excluding ortho intramolecular Hbond substituents is 1. The molecule has 0 unspecified atom stereocenters. The molecule has 0 radical (unpaired) electrons. The quantitative estimate of drug-likeness (QED) is 0.600. The number of ketones is 1. The minimum Gasteiger partial charge on any atom is -0.507 e. The van der Waals surface area contributed by atoms with Gasteiger partial charge in [0.2, 0.25) is 0 Å². The zero-order valence-electron chi connectivity index (χ0n) is 17.4. The first-order valence-electron chi connectivity index (χ1n) is 10.1. The Kier molecular flexibility index (Phi) is 8.21. The Hall–Kier alpha value is -2.86. The van der Waals surface area contributed by atoms with E-state index in [-0.39, 0.29) is 41.5 Å². The van der Waals surface area contributed by atoms with Crippen LogP contribution in [0.1, 0.15) is 53.5 Å². The maximum Gasteiger partial charge on any atom is 0.254 e. The highest BCUT2D eigenvalue weighted by atomic mass is 16.3. The first-order chi connectivity index (χ1) is 14.0. The Morgan fingerprint density at radius 2 is 1.55 bits per heavy atom. The Labute approximate surface area is 172 Å². The number of aromatic hydroxyl groups is 1. The first-order valence-corrected chi connectivity index (χ1v) is 10.1. The van der Waals surface area contributed by atoms with E-state index in [1.165, 1.54) is 4.90 Å². The lowest BCUT2D eigenvalue weighted by Gasteiger charge is -2.23. The van der Waals surface area contributed by atoms with Crippen molar-refractivity contribution in [3.63, 3.8) is 0 Å². The molecule has 0 atom stereocenters. The number of anilines is 1. The fourth-order valence-corrected chi connectivity index (χ4v) is 3.39. The largest absolute Gasteiger partial charge is 0.507 e. The van der Waals surface area contributed by atoms with Crippen LogP contribution < -0.4 is 4.90 Å². The van der Waals surface area contributed by atoms with Crippen LogP contribution in [-0.4, -0.2) is 59.6 Å². The van der Waals surface area contributed by atoms with Crippen molar-refractivity contribution in [2.75, 3.05) is 37.7 Å². The summed E-state index contributed by atoms with van der Waals surface area (Å²) >= 11 is 0. The molecule has 0 aliphatic carbocycles. The third-order valence-electron chi connectivity index (χ3n) is 4.91. The summed E-state index contributed by atoms with van der Waals surface area (Å²) in [4.78, 5) is 29.7. The topological polar surface area (TPSA) is 81.1 Å². The Balaban J connectivity index is 2.41. The van der Waals surface area contributed by atoms with Crippen molar-refractivity contribution in [3.05, 3.63) is 59.2 Å². The lowest BCUT2D eigenvalue weighted by molar-refractivity contribution is 0.0718. The molecule has 6 heteroatoms. The van der Waals surface area contributed by atoms with E-state index in [9.17, 15) is 19.8 Å². The standard InChI is InChI=1S/C23H30N2O4/c1-4-13-25(14-15-26)23(29)19-10-8-7-9-18(19)22(28)20-12-11-17(16-21(20)27)24(5-2)6-3/h7-12,16,26-27H,4-6,13-15H2,1-3H3. The second kappa shape index (κ2) is 10.6. The van der Waals surface area contributed by atoms with Crippen LogP contribution in [-0.2, 0) is 0 Å². The number of aliphatic hydroxyl groups excluding tert-OH is 1. The third kappa shape index (κ3) is 5.15. The molecule has 0 aliphatic heterocycles. The van der Waals surface area contributed by atoms with Crippen LogP contribution in [0.4, 0.5) is 5.69 Å². The monoisotopic (exact) mass is 398 g/mol. The lowest BCUT2D eigenvalue weighted by Crippen LogP contribution is -2.35. The molecule has 156 valence electrons. The first kappa shape index (κ1) is 22.4. The maximum atomic E-state index is 13.2. The zero-order chi connectivity index (χ0) is 21.4. The number of rotatable bonds is 10. The van der Waals surface area contributed by atoms with Gasteiger partial charge >= 0.3 is 0 Å². The van der Waals surface area contributed by atoms with Crippen LogP contribution in [0.25, 0.3) is 0 Å². The van der Waals surface area contributed by atoms with E-state index < -0.39 is 5.78 Å². The average molecular weight is 399 g/mol. The molecule has 0 bridgehead atoms. The minimum absolute atomic E-state index is 0.109. The second-order valence-corrected chi connectivity index (χ2v) is 6.76. The van der Waals surface area contributed by atoms with Crippen LogP contribution in [0.5, 0.6) is 5.75 Å². The van der Waals surface area contributed by atoms with Gasteiger partial charge in [0, 0.05) is 43.5 Å². The van der Waals surface area contributed by atoms with Crippen molar-refractivity contribution in [3.8, 4) is 5.75 Å². The Morgan fingerprint density at radius 1 is 0.897 bits per heavy atom. The van der Waals surface area contributed by atoms with Crippen molar-refractivity contribution >= 4 is 17.4 Å². The fourth-order valence-electron chi connectivity index (χ4n) is 3.39. The minimum atomic E-state index is -0.405. The van der Waals surface area contributed by atoms with Crippen molar-refractivity contribution in [1.29, 1.82) is 0 Å². The molecular formula is C23H30N2O4. The highest BCUT2D eigenvalue weighted by molar-refractivity contribution is 6.16. The van der Waals surface area contributed by atoms with Crippen molar-refractivity contribution in [1.82, 2.24) is 4.90 Å². The van der Waals surface area contributed by atoms with Crippen molar-refractivity contribution < 1.29 is 19.8 Å². The normalized spacial score (nSPS) is 10.6. The van der Waals surface area contributed by atoms with E-state index in [1.807, 2.05) is 20.8 Å². The van der Waals surface area contributed by atoms with Crippen LogP contribution in [0.3, 0.4) is 0 Å². The molecule has 2 rings (SSSR count). The third-order valence-corrected chi connectivity index (χ3v) is 4.91. The molecule has 2 aromatic carbocycles. The summed E-state index contributed by atoms with van der Waals surface area (Å²) in [5.41, 5.74) is 1.50. The molecule has 2 aromatic rings. The van der Waals surface area contributed by atoms with Gasteiger partial charge in [0.05, 0.1) is 17.7 Å². The molecule has 0 saturated heterocycles. The molecule has 0 fully saturated rings. The highest BCUT2D eigenvalue weighted by Gasteiger charge is 2.23. The fraction of sp³-hybridized carbons (Fsp3) is 0.391. The van der Waals surface area contributed by atoms with Gasteiger partial charge in [-0.2, -0.15) is 0 Å². The van der Waals surface area contributed by atoms with Crippen LogP contribution in [0.15, 0.2) is 42.5 Å². The number of amides is 1. The Morgan fingerprint density at radius 3 is 2.10 bits per heavy atom. The molecule has 0 spiro atoms. The molecule has 29 heavy (non-hydrogen) atoms. The number of nitrogens with zero attached hydrogens (tertiary/aromatic N) is 2. The second-order valence-electron chi connectivity index (χ2n) is 6.76. The number of benzene rings is 2. The molecule has 2 N–H and O–H groups in total. The van der Waals surface area contributed by atoms with Crippen LogP contribution in [0.2, 0.25) is 0 Å². The number of phenols is 1. The van der Waals surface area contributed by atoms with Gasteiger partial charge < -0.3 is 20.0 Å². The molecule has 0 heterocycles. The zero-order valence-corrected chi connectivity index (χ0v) is 17.4. The van der Waals surface area contributed by atoms with Gasteiger partial charge in [-0.3, -0.25) is 9.59 Å². The van der Waals surface area contributed by atoms with Gasteiger partial charge in [0.1, 0.15) is 5.75 Å². The number of aliphatic hydroxyl groups is 1. The van der Waals surface area contributed by atoms with Crippen molar-refractivity contribution in [2.24, 2.45) is 0 Å². The average Bonchev–Trinajstić information content (AvgIpc) is 2.73. The van der Waals surface area contributed by atoms with Gasteiger partial charge in [0.15, 0.2) is 5.78 Å². The summed E-state index contributed by atoms with van der Waals surface area (Å²) in [7, 11) is 0. The van der Waals surface area contributed by atoms with E-state index in [2.05, 4.69) is 4.90 Å². The van der Waals surface area contributed by atoms with Gasteiger partial charge in [-0.05, 0) is 38.5 Å². The lowest BCUT2D eigenvalue weighted by atomic mass is 9.96. The van der Waals surface area contributed by atoms with E-state index in [0.29, 0.717) is 6.54 Å². The molecule has 0 saturated carbocycles. The summed E-state index contributed by atoms with van der Waals surface area (Å²) in [6, 6.07) is 11.6. The van der Waals surface area contributed by atoms with E-state index in [0.717, 1.165) is 25.2 Å². The summed E-state index contributed by atoms with van der Waals surface area (Å²) < 4.78 is 0. The van der Waals surface area contributed by atoms with Gasteiger partial charge in [0.25, 0.3) is 5.91 Å². The molecular weight excluding hydrogens is 368 g/mol. The summed E-state index contributed by atoms with van der Waals surface area (Å²) in [6.07, 6.45) is 0.745. The smallest absolute Gasteiger partial charge is 0.254 e. The van der Waals surface area contributed by atoms with E-state index in [4.69, 9.17) is 0 Å². The summed E-state index contributed by atoms with van der Waals surface area (Å²) in [5, 5.41) is 19.8.